The first-order chi connectivity index (χ1) is 40.2. The Kier molecular flexibility index (Phi) is 14.6. The monoisotopic (exact) mass is 1190 g/mol. The molecule has 424 valence electrons. The van der Waals surface area contributed by atoms with E-state index in [0.29, 0.717) is 29.2 Å². The summed E-state index contributed by atoms with van der Waals surface area (Å²) in [5.41, 5.74) is 19.8. The van der Waals surface area contributed by atoms with Crippen LogP contribution < -0.4 is 25.8 Å². The highest BCUT2D eigenvalue weighted by Gasteiger charge is 2.55. The third-order valence-electron chi connectivity index (χ3n) is 14.5. The van der Waals surface area contributed by atoms with Crippen molar-refractivity contribution in [1.29, 1.82) is 0 Å². The molecule has 24 nitrogen and oxygen atoms in total. The number of nitrogens with zero attached hydrogens (tertiary/aromatic N) is 11. The number of imidazole rings is 2. The van der Waals surface area contributed by atoms with E-state index in [1.807, 2.05) is 28.9 Å². The van der Waals surface area contributed by atoms with Gasteiger partial charge in [0.15, 0.2) is 41.9 Å². The lowest BCUT2D eigenvalue weighted by atomic mass is 9.96. The van der Waals surface area contributed by atoms with Gasteiger partial charge in [0.05, 0.1) is 49.4 Å². The third kappa shape index (κ3) is 10.6. The lowest BCUT2D eigenvalue weighted by molar-refractivity contribution is -0.0546. The van der Waals surface area contributed by atoms with E-state index in [0.717, 1.165) is 46.6 Å². The van der Waals surface area contributed by atoms with Crippen LogP contribution in [0.3, 0.4) is 0 Å². The van der Waals surface area contributed by atoms with Crippen LogP contribution in [0.2, 0.25) is 0 Å². The smallest absolute Gasteiger partial charge is 0.389 e. The van der Waals surface area contributed by atoms with Crippen molar-refractivity contribution in [3.05, 3.63) is 145 Å². The Balaban J connectivity index is 0.690. The molecule has 9 aromatic rings. The number of esters is 1. The second-order valence-electron chi connectivity index (χ2n) is 19.8. The first-order valence-electron chi connectivity index (χ1n) is 25.9. The fourth-order valence-corrected chi connectivity index (χ4v) is 14.8. The first-order valence-corrected chi connectivity index (χ1v) is 30.7. The molecule has 4 aliphatic heterocycles. The van der Waals surface area contributed by atoms with Crippen molar-refractivity contribution in [3.8, 4) is 34.0 Å². The number of alkyl halides is 2. The molecule has 5 aromatic heterocycles. The van der Waals surface area contributed by atoms with Gasteiger partial charge in [0.2, 0.25) is 7.57 Å². The van der Waals surface area contributed by atoms with Gasteiger partial charge in [0, 0.05) is 42.4 Å². The number of rotatable bonds is 11. The third-order valence-corrected chi connectivity index (χ3v) is 19.2. The number of pyridine rings is 1. The predicted octanol–water partition coefficient (Wildman–Crippen LogP) is 8.22. The van der Waals surface area contributed by atoms with Gasteiger partial charge < -0.3 is 44.4 Å². The summed E-state index contributed by atoms with van der Waals surface area (Å²) in [6.45, 7) is -4.69. The maximum atomic E-state index is 17.0. The average Bonchev–Trinajstić information content (AvgIpc) is 3.02. The molecule has 4 aliphatic rings. The standard InChI is InChI=1S/C53H48BF2N13O11P2S/c1-66-22-31-6-2-3-7-34(31)42-45(35-8-4-5-9-37(35)66)69(65-64-42)20-21-73-32-16-12-30(13-17-32)53(70)76-33-14-10-29(11-15-33)25-83-82(72)75-24-39-46(40(55)51(78-39)68-28-63-44-48(58)60-26-61-50(44)68)79-81(54,71)74-23-38-47(80-82)41(56)52(77-38)67-27-62-43-36(57)18-19-59-49(43)67/h2-19,26-28,38-41,46-47,51-52H,20-25H2,1H3,(H2,57,59)(H2,58,60,61)/t38-,39-,40-,41-,46-,47-,51-,52-,81+,82-/m1/s1. The van der Waals surface area contributed by atoms with Gasteiger partial charge in [-0.3, -0.25) is 22.7 Å². The van der Waals surface area contributed by atoms with Gasteiger partial charge in [-0.15, -0.1) is 5.10 Å². The number of carbonyl (C=O) groups is 1. The molecule has 0 bridgehead atoms. The van der Waals surface area contributed by atoms with Crippen LogP contribution in [0, 0.1) is 0 Å². The quantitative estimate of drug-likeness (QED) is 0.0533. The van der Waals surface area contributed by atoms with Crippen LogP contribution in [0.25, 0.3) is 44.8 Å². The number of benzene rings is 4. The zero-order valence-electron chi connectivity index (χ0n) is 43.7. The van der Waals surface area contributed by atoms with E-state index < -0.39 is 82.7 Å². The highest BCUT2D eigenvalue weighted by Crippen LogP contribution is 2.65. The summed E-state index contributed by atoms with van der Waals surface area (Å²) in [6, 6.07) is 30.8. The lowest BCUT2D eigenvalue weighted by Crippen LogP contribution is -2.37. The number of aromatic nitrogens is 10. The summed E-state index contributed by atoms with van der Waals surface area (Å²) in [5, 5.41) is 9.19. The van der Waals surface area contributed by atoms with Gasteiger partial charge in [-0.25, -0.2) is 47.7 Å². The summed E-state index contributed by atoms with van der Waals surface area (Å²) < 4.78 is 115. The van der Waals surface area contributed by atoms with Gasteiger partial charge in [0.1, 0.15) is 65.6 Å². The van der Waals surface area contributed by atoms with Gasteiger partial charge >= 0.3 is 12.8 Å². The van der Waals surface area contributed by atoms with Crippen molar-refractivity contribution in [2.75, 3.05) is 43.2 Å². The molecule has 0 unspecified atom stereocenters. The van der Waals surface area contributed by atoms with Crippen LogP contribution in [0.4, 0.5) is 26.0 Å². The van der Waals surface area contributed by atoms with Gasteiger partial charge in [-0.05, 0) is 71.0 Å². The van der Waals surface area contributed by atoms with Crippen LogP contribution in [-0.4, -0.2) is 126 Å². The molecule has 3 saturated heterocycles. The minimum absolute atomic E-state index is 0.0170. The van der Waals surface area contributed by atoms with Gasteiger partial charge in [-0.2, -0.15) is 0 Å². The normalized spacial score (nSPS) is 26.1. The van der Waals surface area contributed by atoms with Crippen LogP contribution in [-0.2, 0) is 55.5 Å². The Morgan fingerprint density at radius 3 is 2.19 bits per heavy atom. The molecule has 9 heterocycles. The van der Waals surface area contributed by atoms with Crippen molar-refractivity contribution >= 4 is 78.7 Å². The summed E-state index contributed by atoms with van der Waals surface area (Å²) in [6.07, 6.45) is -8.71. The van der Waals surface area contributed by atoms with E-state index >= 15 is 13.3 Å². The Bertz CT molecular complexity index is 4020. The topological polar surface area (TPSA) is 285 Å². The van der Waals surface area contributed by atoms with Gasteiger partial charge in [0.25, 0.3) is 7.47 Å². The van der Waals surface area contributed by atoms with E-state index in [-0.39, 0.29) is 57.5 Å². The zero-order chi connectivity index (χ0) is 57.1. The van der Waals surface area contributed by atoms with E-state index in [1.54, 1.807) is 48.5 Å². The number of ether oxygens (including phenoxy) is 4. The number of anilines is 3. The number of halogens is 2. The van der Waals surface area contributed by atoms with Crippen molar-refractivity contribution in [2.45, 2.75) is 68.1 Å². The maximum Gasteiger partial charge on any atom is 0.389 e. The summed E-state index contributed by atoms with van der Waals surface area (Å²) >= 11 is 0.675. The Morgan fingerprint density at radius 1 is 0.771 bits per heavy atom. The van der Waals surface area contributed by atoms with Crippen molar-refractivity contribution < 1.29 is 59.7 Å². The zero-order valence-corrected chi connectivity index (χ0v) is 46.3. The minimum atomic E-state index is -4.72. The molecule has 0 aliphatic carbocycles. The number of hydrogen-bond acceptors (Lipinski definition) is 22. The average molecular weight is 1190 g/mol. The second-order valence-corrected chi connectivity index (χ2v) is 25.3. The van der Waals surface area contributed by atoms with Crippen molar-refractivity contribution in [3.63, 3.8) is 0 Å². The SMILES string of the molecule is [B][P@]1(=O)OC[C@H]2O[C@@H](n3cnc4c(N)ccnc43)[C@H](F)[C@@H]2O[P@](=O)(SCc2ccc(OC(=O)c3ccc(OCCn4nnc5c4-c4ccccc4N(C)Cc4ccccc4-5)cc3)cc2)OC[C@H]2O[C@@H](n3cnc4c(N)ncnc43)[C@H](F)[C@@H]2O1. The fourth-order valence-electron chi connectivity index (χ4n) is 10.4. The number of nitrogen functional groups attached to an aromatic ring is 2. The van der Waals surface area contributed by atoms with Gasteiger partial charge in [-0.1, -0.05) is 59.8 Å². The van der Waals surface area contributed by atoms with Crippen LogP contribution in [0.15, 0.2) is 128 Å². The van der Waals surface area contributed by atoms with Crippen LogP contribution >= 0.6 is 25.7 Å². The Hall–Kier alpha value is -7.65. The molecular formula is C53H48BF2N13O11P2S. The summed E-state index contributed by atoms with van der Waals surface area (Å²) in [4.78, 5) is 36.5. The number of hydrogen-bond donors (Lipinski definition) is 2. The molecule has 2 radical (unpaired) electrons. The largest absolute Gasteiger partial charge is 0.492 e. The maximum absolute atomic E-state index is 17.0. The van der Waals surface area contributed by atoms with E-state index in [9.17, 15) is 9.36 Å². The molecule has 83 heavy (non-hydrogen) atoms. The number of fused-ring (bicyclic) bond motifs is 9. The van der Waals surface area contributed by atoms with E-state index in [2.05, 4.69) is 71.4 Å². The molecule has 10 atom stereocenters. The van der Waals surface area contributed by atoms with Crippen molar-refractivity contribution in [2.24, 2.45) is 0 Å². The lowest BCUT2D eigenvalue weighted by Gasteiger charge is -2.30. The molecule has 13 rings (SSSR count). The van der Waals surface area contributed by atoms with E-state index in [1.165, 1.54) is 34.1 Å². The second kappa shape index (κ2) is 22.2. The molecular weight excluding hydrogens is 1140 g/mol. The highest BCUT2D eigenvalue weighted by atomic mass is 32.7. The fraction of sp³-hybridized carbons (Fsp3) is 0.283. The van der Waals surface area contributed by atoms with E-state index in [4.69, 9.17) is 56.1 Å². The molecule has 4 aromatic carbocycles. The van der Waals surface area contributed by atoms with Crippen molar-refractivity contribution in [1.82, 2.24) is 49.0 Å². The minimum Gasteiger partial charge on any atom is -0.492 e. The number of nitrogens with two attached hydrogens (primary N) is 2. The molecule has 0 amide bonds. The summed E-state index contributed by atoms with van der Waals surface area (Å²) in [5.74, 6) is 0.0292. The summed E-state index contributed by atoms with van der Waals surface area (Å²) in [7, 11) is 3.42. The highest BCUT2D eigenvalue weighted by molar-refractivity contribution is 8.54. The molecule has 0 spiro atoms. The Labute approximate surface area is 475 Å². The number of para-hydroxylation sites is 1. The molecule has 30 heteroatoms. The molecule has 0 saturated carbocycles. The Morgan fingerprint density at radius 2 is 1.43 bits per heavy atom. The predicted molar refractivity (Wildman–Crippen MR) is 300 cm³/mol. The van der Waals surface area contributed by atoms with Crippen LogP contribution in [0.5, 0.6) is 11.5 Å². The molecule has 4 N–H and O–H groups in total. The molecule has 3 fully saturated rings. The first kappa shape index (κ1) is 54.6. The van der Waals surface area contributed by atoms with Crippen LogP contribution in [0.1, 0.15) is 33.9 Å². The number of carbonyl (C=O) groups excluding carboxylic acids is 1.